The van der Waals surface area contributed by atoms with Crippen molar-refractivity contribution in [1.29, 1.82) is 0 Å². The minimum atomic E-state index is -0.181. The largest absolute Gasteiger partial charge is 0.313 e. The normalized spacial score (nSPS) is 15.4. The Kier molecular flexibility index (Phi) is 4.19. The topological polar surface area (TPSA) is 12.0 Å². The van der Waals surface area contributed by atoms with Crippen LogP contribution in [-0.4, -0.2) is 6.54 Å². The molecular weight excluding hydrogens is 225 g/mol. The maximum Gasteiger partial charge on any atom is 0.127 e. The van der Waals surface area contributed by atoms with Crippen molar-refractivity contribution in [1.82, 2.24) is 5.32 Å². The molecule has 0 radical (unpaired) electrons. The second kappa shape index (κ2) is 5.65. The molecule has 2 rings (SSSR count). The minimum absolute atomic E-state index is 0.181. The maximum absolute atomic E-state index is 13.3. The molecule has 0 bridgehead atoms. The van der Waals surface area contributed by atoms with Crippen LogP contribution in [0.4, 0.5) is 4.39 Å². The lowest BCUT2D eigenvalue weighted by Crippen LogP contribution is -2.15. The highest BCUT2D eigenvalue weighted by molar-refractivity contribution is 6.30. The van der Waals surface area contributed by atoms with Gasteiger partial charge in [-0.1, -0.05) is 24.4 Å². The molecule has 88 valence electrons. The number of benzene rings is 1. The highest BCUT2D eigenvalue weighted by Gasteiger charge is 2.19. The molecule has 1 N–H and O–H groups in total. The van der Waals surface area contributed by atoms with Gasteiger partial charge in [-0.2, -0.15) is 0 Å². The summed E-state index contributed by atoms with van der Waals surface area (Å²) in [6.07, 6.45) is 5.31. The second-order valence-electron chi connectivity index (χ2n) is 4.50. The van der Waals surface area contributed by atoms with Crippen LogP contribution in [-0.2, 0) is 6.54 Å². The van der Waals surface area contributed by atoms with Crippen LogP contribution in [0.2, 0.25) is 5.02 Å². The van der Waals surface area contributed by atoms with Gasteiger partial charge in [0.25, 0.3) is 0 Å². The van der Waals surface area contributed by atoms with Gasteiger partial charge in [-0.15, -0.1) is 0 Å². The third-order valence-electron chi connectivity index (χ3n) is 2.99. The molecule has 0 saturated heterocycles. The Hall–Kier alpha value is -0.600. The van der Waals surface area contributed by atoms with E-state index in [4.69, 9.17) is 11.6 Å². The number of hydrogen-bond acceptors (Lipinski definition) is 1. The Balaban J connectivity index is 1.69. The lowest BCUT2D eigenvalue weighted by molar-refractivity contribution is 0.565. The van der Waals surface area contributed by atoms with E-state index in [2.05, 4.69) is 5.32 Å². The molecule has 1 nitrogen and oxygen atoms in total. The number of nitrogens with one attached hydrogen (secondary N) is 1. The fourth-order valence-electron chi connectivity index (χ4n) is 1.82. The van der Waals surface area contributed by atoms with Crippen LogP contribution < -0.4 is 5.32 Å². The van der Waals surface area contributed by atoms with Crippen LogP contribution in [0.25, 0.3) is 0 Å². The Morgan fingerprint density at radius 1 is 1.38 bits per heavy atom. The maximum atomic E-state index is 13.3. The van der Waals surface area contributed by atoms with Gasteiger partial charge in [0.1, 0.15) is 5.82 Å². The fourth-order valence-corrected chi connectivity index (χ4v) is 2.02. The van der Waals surface area contributed by atoms with Crippen LogP contribution in [0.15, 0.2) is 18.2 Å². The van der Waals surface area contributed by atoms with E-state index in [0.717, 1.165) is 12.5 Å². The molecule has 0 aliphatic heterocycles. The molecule has 16 heavy (non-hydrogen) atoms. The van der Waals surface area contributed by atoms with Crippen LogP contribution in [0.1, 0.15) is 31.2 Å². The number of rotatable bonds is 6. The summed E-state index contributed by atoms with van der Waals surface area (Å²) in [7, 11) is 0. The van der Waals surface area contributed by atoms with Gasteiger partial charge in [-0.25, -0.2) is 4.39 Å². The zero-order valence-corrected chi connectivity index (χ0v) is 10.1. The van der Waals surface area contributed by atoms with Gasteiger partial charge >= 0.3 is 0 Å². The predicted octanol–water partition coefficient (Wildman–Crippen LogP) is 3.76. The SMILES string of the molecule is Fc1ccc(Cl)cc1CNCCCC1CC1. The van der Waals surface area contributed by atoms with E-state index in [1.165, 1.54) is 31.7 Å². The van der Waals surface area contributed by atoms with E-state index in [0.29, 0.717) is 17.1 Å². The third kappa shape index (κ3) is 3.76. The summed E-state index contributed by atoms with van der Waals surface area (Å²) in [4.78, 5) is 0. The molecule has 0 aromatic heterocycles. The predicted molar refractivity (Wildman–Crippen MR) is 65.1 cm³/mol. The van der Waals surface area contributed by atoms with Gasteiger partial charge in [-0.05, 0) is 43.5 Å². The van der Waals surface area contributed by atoms with E-state index in [1.54, 1.807) is 12.1 Å². The smallest absolute Gasteiger partial charge is 0.127 e. The molecule has 1 aromatic rings. The summed E-state index contributed by atoms with van der Waals surface area (Å²) >= 11 is 5.81. The van der Waals surface area contributed by atoms with Gasteiger partial charge in [0.15, 0.2) is 0 Å². The molecule has 3 heteroatoms. The highest BCUT2D eigenvalue weighted by Crippen LogP contribution is 2.33. The molecule has 1 saturated carbocycles. The zero-order chi connectivity index (χ0) is 11.4. The average Bonchev–Trinajstić information content (AvgIpc) is 3.06. The van der Waals surface area contributed by atoms with Crippen LogP contribution in [0.3, 0.4) is 0 Å². The Morgan fingerprint density at radius 2 is 2.19 bits per heavy atom. The molecular formula is C13H17ClFN. The number of halogens is 2. The summed E-state index contributed by atoms with van der Waals surface area (Å²) in [6.45, 7) is 1.53. The molecule has 1 aliphatic carbocycles. The first-order chi connectivity index (χ1) is 7.75. The van der Waals surface area contributed by atoms with Gasteiger partial charge in [0.05, 0.1) is 0 Å². The van der Waals surface area contributed by atoms with Crippen molar-refractivity contribution in [3.63, 3.8) is 0 Å². The molecule has 1 fully saturated rings. The third-order valence-corrected chi connectivity index (χ3v) is 3.22. The molecule has 0 unspecified atom stereocenters. The standard InChI is InChI=1S/C13H17ClFN/c14-12-5-6-13(15)11(8-12)9-16-7-1-2-10-3-4-10/h5-6,8,10,16H,1-4,7,9H2. The van der Waals surface area contributed by atoms with Crippen molar-refractivity contribution in [3.05, 3.63) is 34.6 Å². The van der Waals surface area contributed by atoms with Gasteiger partial charge < -0.3 is 5.32 Å². The monoisotopic (exact) mass is 241 g/mol. The highest BCUT2D eigenvalue weighted by atomic mass is 35.5. The van der Waals surface area contributed by atoms with Crippen molar-refractivity contribution in [2.24, 2.45) is 5.92 Å². The first-order valence-electron chi connectivity index (χ1n) is 5.90. The van der Waals surface area contributed by atoms with E-state index < -0.39 is 0 Å². The summed E-state index contributed by atoms with van der Waals surface area (Å²) in [5, 5.41) is 3.85. The van der Waals surface area contributed by atoms with Crippen molar-refractivity contribution >= 4 is 11.6 Å². The van der Waals surface area contributed by atoms with Gasteiger partial charge in [0.2, 0.25) is 0 Å². The van der Waals surface area contributed by atoms with Crippen molar-refractivity contribution < 1.29 is 4.39 Å². The Labute approximate surface area is 101 Å². The Bertz CT molecular complexity index is 350. The van der Waals surface area contributed by atoms with Crippen LogP contribution in [0, 0.1) is 11.7 Å². The Morgan fingerprint density at radius 3 is 2.94 bits per heavy atom. The lowest BCUT2D eigenvalue weighted by Gasteiger charge is -2.06. The zero-order valence-electron chi connectivity index (χ0n) is 9.31. The van der Waals surface area contributed by atoms with Crippen molar-refractivity contribution in [2.45, 2.75) is 32.2 Å². The number of hydrogen-bond donors (Lipinski definition) is 1. The summed E-state index contributed by atoms with van der Waals surface area (Å²) in [5.74, 6) is 0.795. The first-order valence-corrected chi connectivity index (χ1v) is 6.28. The quantitative estimate of drug-likeness (QED) is 0.748. The molecule has 0 amide bonds. The van der Waals surface area contributed by atoms with Crippen molar-refractivity contribution in [2.75, 3.05) is 6.54 Å². The molecule has 0 heterocycles. The molecule has 1 aromatic carbocycles. The summed E-state index contributed by atoms with van der Waals surface area (Å²) in [5.41, 5.74) is 0.652. The van der Waals surface area contributed by atoms with Crippen LogP contribution >= 0.6 is 11.6 Å². The van der Waals surface area contributed by atoms with Crippen molar-refractivity contribution in [3.8, 4) is 0 Å². The molecule has 0 atom stereocenters. The van der Waals surface area contributed by atoms with E-state index in [9.17, 15) is 4.39 Å². The summed E-state index contributed by atoms with van der Waals surface area (Å²) in [6, 6.07) is 4.68. The van der Waals surface area contributed by atoms with E-state index in [1.807, 2.05) is 0 Å². The lowest BCUT2D eigenvalue weighted by atomic mass is 10.2. The van der Waals surface area contributed by atoms with Crippen LogP contribution in [0.5, 0.6) is 0 Å². The van der Waals surface area contributed by atoms with E-state index >= 15 is 0 Å². The van der Waals surface area contributed by atoms with Gasteiger partial charge in [0, 0.05) is 17.1 Å². The summed E-state index contributed by atoms with van der Waals surface area (Å²) < 4.78 is 13.3. The van der Waals surface area contributed by atoms with E-state index in [-0.39, 0.29) is 5.82 Å². The fraction of sp³-hybridized carbons (Fsp3) is 0.538. The van der Waals surface area contributed by atoms with Gasteiger partial charge in [-0.3, -0.25) is 0 Å². The average molecular weight is 242 g/mol. The molecule has 1 aliphatic rings. The molecule has 0 spiro atoms. The second-order valence-corrected chi connectivity index (χ2v) is 4.93. The first kappa shape index (κ1) is 11.9. The minimum Gasteiger partial charge on any atom is -0.313 e.